The van der Waals surface area contributed by atoms with Gasteiger partial charge in [0.25, 0.3) is 0 Å². The summed E-state index contributed by atoms with van der Waals surface area (Å²) in [5.74, 6) is 0.579. The van der Waals surface area contributed by atoms with E-state index in [-0.39, 0.29) is 23.7 Å². The first kappa shape index (κ1) is 19.2. The van der Waals surface area contributed by atoms with Gasteiger partial charge in [0.15, 0.2) is 0 Å². The highest BCUT2D eigenvalue weighted by atomic mass is 35.5. The van der Waals surface area contributed by atoms with E-state index in [0.29, 0.717) is 18.8 Å². The van der Waals surface area contributed by atoms with Gasteiger partial charge in [0.1, 0.15) is 5.82 Å². The van der Waals surface area contributed by atoms with Crippen molar-refractivity contribution in [2.75, 3.05) is 11.9 Å². The number of benzene rings is 1. The summed E-state index contributed by atoms with van der Waals surface area (Å²) in [7, 11) is 0. The third-order valence-electron chi connectivity index (χ3n) is 3.46. The van der Waals surface area contributed by atoms with Crippen molar-refractivity contribution in [3.8, 4) is 5.69 Å². The zero-order chi connectivity index (χ0) is 16.3. The number of carbonyl (C=O) groups is 1. The average molecular weight is 337 g/mol. The first-order valence-corrected chi connectivity index (χ1v) is 7.49. The second-order valence-electron chi connectivity index (χ2n) is 6.45. The fourth-order valence-electron chi connectivity index (χ4n) is 2.16. The molecule has 2 aromatic rings. The average Bonchev–Trinajstić information content (AvgIpc) is 2.83. The number of aromatic nitrogens is 2. The summed E-state index contributed by atoms with van der Waals surface area (Å²) >= 11 is 0. The van der Waals surface area contributed by atoms with Crippen LogP contribution in [0.4, 0.5) is 5.82 Å². The lowest BCUT2D eigenvalue weighted by molar-refractivity contribution is -0.116. The zero-order valence-electron chi connectivity index (χ0n) is 14.1. The van der Waals surface area contributed by atoms with Crippen LogP contribution in [-0.4, -0.2) is 22.2 Å². The lowest BCUT2D eigenvalue weighted by atomic mass is 9.92. The Labute approximate surface area is 143 Å². The molecule has 1 aromatic heterocycles. The molecule has 23 heavy (non-hydrogen) atoms. The molecule has 2 rings (SSSR count). The van der Waals surface area contributed by atoms with Crippen molar-refractivity contribution in [2.24, 2.45) is 5.73 Å². The molecule has 1 amide bonds. The summed E-state index contributed by atoms with van der Waals surface area (Å²) in [4.78, 5) is 11.9. The molecule has 0 atom stereocenters. The fraction of sp³-hybridized carbons (Fsp3) is 0.412. The molecular weight excluding hydrogens is 312 g/mol. The molecule has 0 saturated carbocycles. The molecule has 0 unspecified atom stereocenters. The molecule has 0 saturated heterocycles. The minimum absolute atomic E-state index is 0. The summed E-state index contributed by atoms with van der Waals surface area (Å²) in [6, 6.07) is 9.90. The Balaban J connectivity index is 0.00000264. The van der Waals surface area contributed by atoms with Crippen LogP contribution in [0, 0.1) is 6.92 Å². The Bertz CT molecular complexity index is 673. The van der Waals surface area contributed by atoms with Crippen molar-refractivity contribution in [3.05, 3.63) is 41.6 Å². The van der Waals surface area contributed by atoms with Crippen LogP contribution in [0.5, 0.6) is 0 Å². The Kier molecular flexibility index (Phi) is 6.36. The number of aryl methyl sites for hydroxylation is 1. The second kappa shape index (κ2) is 7.62. The predicted octanol–water partition coefficient (Wildman–Crippen LogP) is 3.19. The Hall–Kier alpha value is -1.85. The van der Waals surface area contributed by atoms with Gasteiger partial charge in [0, 0.05) is 24.4 Å². The second-order valence-corrected chi connectivity index (χ2v) is 6.45. The number of nitrogens with zero attached hydrogens (tertiary/aromatic N) is 2. The van der Waals surface area contributed by atoms with Crippen LogP contribution in [0.1, 0.15) is 38.4 Å². The highest BCUT2D eigenvalue weighted by Crippen LogP contribution is 2.27. The first-order valence-electron chi connectivity index (χ1n) is 7.49. The van der Waals surface area contributed by atoms with Crippen LogP contribution in [0.25, 0.3) is 5.69 Å². The van der Waals surface area contributed by atoms with Crippen LogP contribution in [0.15, 0.2) is 30.3 Å². The number of amides is 1. The summed E-state index contributed by atoms with van der Waals surface area (Å²) < 4.78 is 1.80. The van der Waals surface area contributed by atoms with Gasteiger partial charge >= 0.3 is 0 Å². The van der Waals surface area contributed by atoms with Crippen molar-refractivity contribution >= 4 is 24.1 Å². The molecule has 0 radical (unpaired) electrons. The minimum atomic E-state index is -0.0994. The van der Waals surface area contributed by atoms with E-state index in [0.717, 1.165) is 16.9 Å². The van der Waals surface area contributed by atoms with Gasteiger partial charge in [-0.1, -0.05) is 39.0 Å². The van der Waals surface area contributed by atoms with E-state index >= 15 is 0 Å². The molecule has 0 spiro atoms. The highest BCUT2D eigenvalue weighted by molar-refractivity contribution is 5.90. The number of nitrogens with two attached hydrogens (primary N) is 1. The summed E-state index contributed by atoms with van der Waals surface area (Å²) in [6.45, 7) is 8.66. The maximum atomic E-state index is 11.9. The van der Waals surface area contributed by atoms with Crippen LogP contribution in [0.2, 0.25) is 0 Å². The predicted molar refractivity (Wildman–Crippen MR) is 96.6 cm³/mol. The van der Waals surface area contributed by atoms with Crippen LogP contribution in [0.3, 0.4) is 0 Å². The Morgan fingerprint density at radius 3 is 2.52 bits per heavy atom. The molecule has 5 nitrogen and oxygen atoms in total. The smallest absolute Gasteiger partial charge is 0.226 e. The highest BCUT2D eigenvalue weighted by Gasteiger charge is 2.21. The molecule has 1 heterocycles. The maximum absolute atomic E-state index is 11.9. The molecule has 6 heteroatoms. The topological polar surface area (TPSA) is 72.9 Å². The van der Waals surface area contributed by atoms with Crippen molar-refractivity contribution in [2.45, 2.75) is 39.5 Å². The van der Waals surface area contributed by atoms with Gasteiger partial charge < -0.3 is 11.1 Å². The minimum Gasteiger partial charge on any atom is -0.330 e. The van der Waals surface area contributed by atoms with Crippen molar-refractivity contribution in [1.82, 2.24) is 9.78 Å². The largest absolute Gasteiger partial charge is 0.330 e. The lowest BCUT2D eigenvalue weighted by Gasteiger charge is -2.14. The summed E-state index contributed by atoms with van der Waals surface area (Å²) in [5.41, 5.74) is 8.34. The number of halogens is 1. The number of anilines is 1. The Morgan fingerprint density at radius 1 is 1.30 bits per heavy atom. The number of nitrogens with one attached hydrogen (secondary N) is 1. The number of rotatable bonds is 4. The van der Waals surface area contributed by atoms with E-state index in [1.54, 1.807) is 4.68 Å². The van der Waals surface area contributed by atoms with Gasteiger partial charge in [-0.15, -0.1) is 12.4 Å². The molecule has 0 bridgehead atoms. The molecule has 3 N–H and O–H groups in total. The normalized spacial score (nSPS) is 11.0. The van der Waals surface area contributed by atoms with Gasteiger partial charge in [0.2, 0.25) is 5.91 Å². The van der Waals surface area contributed by atoms with E-state index in [4.69, 9.17) is 10.8 Å². The van der Waals surface area contributed by atoms with Gasteiger partial charge in [-0.3, -0.25) is 4.79 Å². The third-order valence-corrected chi connectivity index (χ3v) is 3.46. The molecule has 0 aliphatic rings. The molecular formula is C17H25ClN4O. The number of para-hydroxylation sites is 1. The molecule has 1 aromatic carbocycles. The van der Waals surface area contributed by atoms with Gasteiger partial charge in [0.05, 0.1) is 11.4 Å². The van der Waals surface area contributed by atoms with E-state index in [2.05, 4.69) is 26.1 Å². The number of hydrogen-bond acceptors (Lipinski definition) is 3. The van der Waals surface area contributed by atoms with Gasteiger partial charge in [-0.05, 0) is 18.6 Å². The molecule has 0 aliphatic heterocycles. The van der Waals surface area contributed by atoms with Crippen LogP contribution < -0.4 is 11.1 Å². The number of carbonyl (C=O) groups excluding carboxylic acids is 1. The van der Waals surface area contributed by atoms with Crippen molar-refractivity contribution in [3.63, 3.8) is 0 Å². The fourth-order valence-corrected chi connectivity index (χ4v) is 2.16. The maximum Gasteiger partial charge on any atom is 0.226 e. The Morgan fingerprint density at radius 2 is 1.96 bits per heavy atom. The monoisotopic (exact) mass is 336 g/mol. The van der Waals surface area contributed by atoms with Crippen LogP contribution >= 0.6 is 12.4 Å². The van der Waals surface area contributed by atoms with Crippen LogP contribution in [-0.2, 0) is 10.2 Å². The standard InChI is InChI=1S/C17H24N4O.ClH/c1-12-7-5-6-8-13(12)21-15(19-16(22)9-10-18)11-14(20-21)17(2,3)4;/h5-8,11H,9-10,18H2,1-4H3,(H,19,22);1H. The molecule has 126 valence electrons. The van der Waals surface area contributed by atoms with E-state index in [9.17, 15) is 4.79 Å². The molecule has 0 fully saturated rings. The van der Waals surface area contributed by atoms with Gasteiger partial charge in [-0.25, -0.2) is 4.68 Å². The SMILES string of the molecule is Cc1ccccc1-n1nc(C(C)(C)C)cc1NC(=O)CCN.Cl. The molecule has 0 aliphatic carbocycles. The van der Waals surface area contributed by atoms with E-state index in [1.807, 2.05) is 37.3 Å². The van der Waals surface area contributed by atoms with Crippen molar-refractivity contribution < 1.29 is 4.79 Å². The summed E-state index contributed by atoms with van der Waals surface area (Å²) in [5, 5.41) is 7.61. The van der Waals surface area contributed by atoms with Crippen molar-refractivity contribution in [1.29, 1.82) is 0 Å². The first-order chi connectivity index (χ1) is 10.3. The third kappa shape index (κ3) is 4.56. The quantitative estimate of drug-likeness (QED) is 0.900. The van der Waals surface area contributed by atoms with E-state index in [1.165, 1.54) is 0 Å². The summed E-state index contributed by atoms with van der Waals surface area (Å²) in [6.07, 6.45) is 0.295. The van der Waals surface area contributed by atoms with E-state index < -0.39 is 0 Å². The zero-order valence-corrected chi connectivity index (χ0v) is 14.9. The lowest BCUT2D eigenvalue weighted by Crippen LogP contribution is -2.18. The van der Waals surface area contributed by atoms with Gasteiger partial charge in [-0.2, -0.15) is 5.10 Å². The number of hydrogen-bond donors (Lipinski definition) is 2.